The van der Waals surface area contributed by atoms with Crippen LogP contribution in [0.15, 0.2) is 23.1 Å². The third-order valence-corrected chi connectivity index (χ3v) is 4.18. The van der Waals surface area contributed by atoms with Crippen molar-refractivity contribution < 1.29 is 13.3 Å². The molecule has 88 valence electrons. The van der Waals surface area contributed by atoms with Gasteiger partial charge in [-0.15, -0.1) is 0 Å². The molecule has 0 unspecified atom stereocenters. The van der Waals surface area contributed by atoms with Crippen molar-refractivity contribution in [3.63, 3.8) is 0 Å². The third-order valence-electron chi connectivity index (χ3n) is 2.43. The maximum Gasteiger partial charge on any atom is 0.267 e. The smallest absolute Gasteiger partial charge is 0.267 e. The predicted octanol–water partition coefficient (Wildman–Crippen LogP) is 0.903. The molecule has 0 saturated carbocycles. The number of nitrogen functional groups attached to an aromatic ring is 1. The lowest BCUT2D eigenvalue weighted by molar-refractivity contribution is -0.0284. The highest BCUT2D eigenvalue weighted by molar-refractivity contribution is 7.89. The summed E-state index contributed by atoms with van der Waals surface area (Å²) in [5.41, 5.74) is 6.90. The summed E-state index contributed by atoms with van der Waals surface area (Å²) in [5, 5.41) is 0. The van der Waals surface area contributed by atoms with Gasteiger partial charge in [0.15, 0.2) is 0 Å². The SMILES string of the molecule is Cc1ccc(S(=O)(=O)N2CCCO2)c(N)c1. The summed E-state index contributed by atoms with van der Waals surface area (Å²) in [6.07, 6.45) is 0.713. The molecule has 0 aromatic heterocycles. The second-order valence-corrected chi connectivity index (χ2v) is 5.56. The monoisotopic (exact) mass is 242 g/mol. The maximum absolute atomic E-state index is 12.1. The lowest BCUT2D eigenvalue weighted by Gasteiger charge is -2.15. The molecular weight excluding hydrogens is 228 g/mol. The van der Waals surface area contributed by atoms with Crippen LogP contribution in [0.2, 0.25) is 0 Å². The van der Waals surface area contributed by atoms with Crippen LogP contribution < -0.4 is 5.73 Å². The second-order valence-electron chi connectivity index (χ2n) is 3.76. The fourth-order valence-electron chi connectivity index (χ4n) is 1.63. The van der Waals surface area contributed by atoms with E-state index in [1.54, 1.807) is 12.1 Å². The van der Waals surface area contributed by atoms with Crippen LogP contribution >= 0.6 is 0 Å². The van der Waals surface area contributed by atoms with Gasteiger partial charge in [0.1, 0.15) is 4.90 Å². The van der Waals surface area contributed by atoms with Crippen molar-refractivity contribution in [3.8, 4) is 0 Å². The largest absolute Gasteiger partial charge is 0.398 e. The topological polar surface area (TPSA) is 72.6 Å². The fraction of sp³-hybridized carbons (Fsp3) is 0.400. The van der Waals surface area contributed by atoms with E-state index in [9.17, 15) is 8.42 Å². The average Bonchev–Trinajstić information content (AvgIpc) is 2.69. The number of anilines is 1. The van der Waals surface area contributed by atoms with Gasteiger partial charge in [-0.25, -0.2) is 8.42 Å². The van der Waals surface area contributed by atoms with Crippen LogP contribution in [-0.4, -0.2) is 26.0 Å². The first-order valence-electron chi connectivity index (χ1n) is 5.03. The Kier molecular flexibility index (Phi) is 2.88. The van der Waals surface area contributed by atoms with E-state index in [2.05, 4.69) is 0 Å². The molecule has 6 heteroatoms. The van der Waals surface area contributed by atoms with Crippen LogP contribution in [0.5, 0.6) is 0 Å². The number of benzene rings is 1. The Morgan fingerprint density at radius 3 is 2.75 bits per heavy atom. The zero-order valence-corrected chi connectivity index (χ0v) is 9.83. The highest BCUT2D eigenvalue weighted by Gasteiger charge is 2.30. The molecule has 2 N–H and O–H groups in total. The molecule has 1 aromatic rings. The van der Waals surface area contributed by atoms with Crippen molar-refractivity contribution >= 4 is 15.7 Å². The van der Waals surface area contributed by atoms with Crippen molar-refractivity contribution in [2.45, 2.75) is 18.2 Å². The molecule has 1 heterocycles. The Labute approximate surface area is 94.8 Å². The molecule has 1 aliphatic rings. The minimum atomic E-state index is -3.60. The first kappa shape index (κ1) is 11.4. The highest BCUT2D eigenvalue weighted by Crippen LogP contribution is 2.25. The molecular formula is C10H14N2O3S. The van der Waals surface area contributed by atoms with Gasteiger partial charge < -0.3 is 5.73 Å². The van der Waals surface area contributed by atoms with Gasteiger partial charge in [-0.1, -0.05) is 10.5 Å². The molecule has 1 fully saturated rings. The summed E-state index contributed by atoms with van der Waals surface area (Å²) < 4.78 is 25.2. The number of hydrogen-bond donors (Lipinski definition) is 1. The quantitative estimate of drug-likeness (QED) is 0.782. The summed E-state index contributed by atoms with van der Waals surface area (Å²) in [6.45, 7) is 2.68. The Morgan fingerprint density at radius 2 is 2.19 bits per heavy atom. The minimum Gasteiger partial charge on any atom is -0.398 e. The van der Waals surface area contributed by atoms with Crippen molar-refractivity contribution in [2.75, 3.05) is 18.9 Å². The Balaban J connectivity index is 2.42. The molecule has 1 aromatic carbocycles. The van der Waals surface area contributed by atoms with Gasteiger partial charge in [0.25, 0.3) is 10.0 Å². The molecule has 0 aliphatic carbocycles. The van der Waals surface area contributed by atoms with E-state index in [0.717, 1.165) is 10.0 Å². The first-order valence-corrected chi connectivity index (χ1v) is 6.47. The van der Waals surface area contributed by atoms with Crippen molar-refractivity contribution in [1.82, 2.24) is 4.47 Å². The zero-order valence-electron chi connectivity index (χ0n) is 9.01. The second kappa shape index (κ2) is 4.04. The Hall–Kier alpha value is -1.11. The molecule has 0 atom stereocenters. The average molecular weight is 242 g/mol. The van der Waals surface area contributed by atoms with Gasteiger partial charge in [0.2, 0.25) is 0 Å². The molecule has 1 aliphatic heterocycles. The van der Waals surface area contributed by atoms with Crippen LogP contribution in [0, 0.1) is 6.92 Å². The van der Waals surface area contributed by atoms with Crippen molar-refractivity contribution in [2.24, 2.45) is 0 Å². The van der Waals surface area contributed by atoms with Gasteiger partial charge in [0.05, 0.1) is 12.3 Å². The van der Waals surface area contributed by atoms with Crippen LogP contribution in [-0.2, 0) is 14.9 Å². The molecule has 5 nitrogen and oxygen atoms in total. The van der Waals surface area contributed by atoms with Crippen LogP contribution in [0.25, 0.3) is 0 Å². The normalized spacial score (nSPS) is 17.8. The number of hydrogen-bond acceptors (Lipinski definition) is 4. The number of hydroxylamine groups is 1. The van der Waals surface area contributed by atoms with Crippen LogP contribution in [0.4, 0.5) is 5.69 Å². The Morgan fingerprint density at radius 1 is 1.44 bits per heavy atom. The lowest BCUT2D eigenvalue weighted by Crippen LogP contribution is -2.27. The first-order chi connectivity index (χ1) is 7.51. The van der Waals surface area contributed by atoms with E-state index >= 15 is 0 Å². The van der Waals surface area contributed by atoms with Gasteiger partial charge in [-0.05, 0) is 31.0 Å². The number of sulfonamides is 1. The predicted molar refractivity (Wildman–Crippen MR) is 60.1 cm³/mol. The third kappa shape index (κ3) is 1.91. The lowest BCUT2D eigenvalue weighted by atomic mass is 10.2. The summed E-state index contributed by atoms with van der Waals surface area (Å²) in [6, 6.07) is 4.88. The number of rotatable bonds is 2. The van der Waals surface area contributed by atoms with E-state index in [4.69, 9.17) is 10.6 Å². The standard InChI is InChI=1S/C10H14N2O3S/c1-8-3-4-10(9(11)7-8)16(13,14)12-5-2-6-15-12/h3-4,7H,2,5-6,11H2,1H3. The molecule has 0 radical (unpaired) electrons. The maximum atomic E-state index is 12.1. The van der Waals surface area contributed by atoms with Crippen molar-refractivity contribution in [1.29, 1.82) is 0 Å². The van der Waals surface area contributed by atoms with E-state index in [1.165, 1.54) is 6.07 Å². The summed E-state index contributed by atoms with van der Waals surface area (Å²) >= 11 is 0. The highest BCUT2D eigenvalue weighted by atomic mass is 32.2. The van der Waals surface area contributed by atoms with E-state index in [1.807, 2.05) is 6.92 Å². The number of nitrogens with two attached hydrogens (primary N) is 1. The van der Waals surface area contributed by atoms with Gasteiger partial charge in [-0.3, -0.25) is 4.84 Å². The molecule has 0 bridgehead atoms. The summed E-state index contributed by atoms with van der Waals surface area (Å²) in [4.78, 5) is 5.16. The molecule has 0 amide bonds. The summed E-state index contributed by atoms with van der Waals surface area (Å²) in [7, 11) is -3.60. The summed E-state index contributed by atoms with van der Waals surface area (Å²) in [5.74, 6) is 0. The van der Waals surface area contributed by atoms with E-state index in [0.29, 0.717) is 19.6 Å². The molecule has 2 rings (SSSR count). The molecule has 1 saturated heterocycles. The molecule has 0 spiro atoms. The Bertz CT molecular complexity index is 493. The van der Waals surface area contributed by atoms with E-state index in [-0.39, 0.29) is 10.6 Å². The minimum absolute atomic E-state index is 0.111. The van der Waals surface area contributed by atoms with Crippen LogP contribution in [0.3, 0.4) is 0 Å². The number of aryl methyl sites for hydroxylation is 1. The van der Waals surface area contributed by atoms with Gasteiger partial charge in [-0.2, -0.15) is 0 Å². The van der Waals surface area contributed by atoms with Crippen molar-refractivity contribution in [3.05, 3.63) is 23.8 Å². The molecule has 16 heavy (non-hydrogen) atoms. The zero-order chi connectivity index (χ0) is 11.8. The fourth-order valence-corrected chi connectivity index (χ4v) is 3.03. The van der Waals surface area contributed by atoms with Gasteiger partial charge >= 0.3 is 0 Å². The van der Waals surface area contributed by atoms with Crippen LogP contribution in [0.1, 0.15) is 12.0 Å². The van der Waals surface area contributed by atoms with Gasteiger partial charge in [0, 0.05) is 6.54 Å². The number of nitrogens with zero attached hydrogens (tertiary/aromatic N) is 1. The van der Waals surface area contributed by atoms with E-state index < -0.39 is 10.0 Å².